The second-order valence-electron chi connectivity index (χ2n) is 7.19. The van der Waals surface area contributed by atoms with E-state index in [-0.39, 0.29) is 18.6 Å². The Labute approximate surface area is 187 Å². The molecule has 0 radical (unpaired) electrons. The number of carbonyl (C=O) groups is 2. The number of amides is 1. The number of aliphatic hydroxyl groups excluding tert-OH is 1. The van der Waals surface area contributed by atoms with Crippen LogP contribution in [0.4, 0.5) is 5.00 Å². The lowest BCUT2D eigenvalue weighted by atomic mass is 10.1. The van der Waals surface area contributed by atoms with Crippen molar-refractivity contribution in [3.63, 3.8) is 0 Å². The quantitative estimate of drug-likeness (QED) is 0.263. The van der Waals surface area contributed by atoms with Crippen LogP contribution >= 0.6 is 11.3 Å². The number of aliphatic hydroxyl groups is 1. The maximum Gasteiger partial charge on any atom is 0.326 e. The number of aromatic nitrogens is 2. The largest absolute Gasteiger partial charge is 0.480 e. The van der Waals surface area contributed by atoms with E-state index in [2.05, 4.69) is 15.3 Å². The molecule has 11 heteroatoms. The number of benzene rings is 1. The van der Waals surface area contributed by atoms with E-state index in [4.69, 9.17) is 9.84 Å². The van der Waals surface area contributed by atoms with E-state index in [0.717, 1.165) is 10.6 Å². The number of ether oxygens (including phenoxy) is 1. The van der Waals surface area contributed by atoms with Crippen molar-refractivity contribution in [2.75, 3.05) is 25.3 Å². The first-order chi connectivity index (χ1) is 15.3. The molecule has 1 amide bonds. The number of aryl methyl sites for hydroxylation is 1. The monoisotopic (exact) mass is 460 g/mol. The van der Waals surface area contributed by atoms with E-state index in [1.807, 2.05) is 18.0 Å². The zero-order valence-corrected chi connectivity index (χ0v) is 18.4. The SMILES string of the molecule is Cc1nc2ccc(CN(C)c3ccc(C(=O)N[C@@H](CCOCO)C(=O)O)s3)cc2c(=O)[nH]1. The number of carboxylic acid groups (broad SMARTS) is 1. The molecule has 2 heterocycles. The number of rotatable bonds is 10. The van der Waals surface area contributed by atoms with Crippen molar-refractivity contribution in [3.05, 3.63) is 57.0 Å². The lowest BCUT2D eigenvalue weighted by Gasteiger charge is -2.17. The number of hydrogen-bond donors (Lipinski definition) is 4. The van der Waals surface area contributed by atoms with Gasteiger partial charge in [0.15, 0.2) is 0 Å². The number of carbonyl (C=O) groups excluding carboxylic acids is 1. The van der Waals surface area contributed by atoms with Crippen LogP contribution in [0.25, 0.3) is 10.9 Å². The van der Waals surface area contributed by atoms with E-state index < -0.39 is 24.7 Å². The number of anilines is 1. The first kappa shape index (κ1) is 23.4. The van der Waals surface area contributed by atoms with Gasteiger partial charge in [-0.2, -0.15) is 0 Å². The van der Waals surface area contributed by atoms with E-state index in [9.17, 15) is 19.5 Å². The number of aliphatic carboxylic acids is 1. The van der Waals surface area contributed by atoms with E-state index >= 15 is 0 Å². The van der Waals surface area contributed by atoms with Crippen LogP contribution in [0.3, 0.4) is 0 Å². The minimum Gasteiger partial charge on any atom is -0.480 e. The minimum absolute atomic E-state index is 0.00978. The second kappa shape index (κ2) is 10.4. The number of nitrogens with zero attached hydrogens (tertiary/aromatic N) is 2. The second-order valence-corrected chi connectivity index (χ2v) is 8.25. The molecule has 0 fully saturated rings. The molecule has 4 N–H and O–H groups in total. The van der Waals surface area contributed by atoms with Crippen LogP contribution in [0.5, 0.6) is 0 Å². The summed E-state index contributed by atoms with van der Waals surface area (Å²) in [5.74, 6) is -1.11. The van der Waals surface area contributed by atoms with Gasteiger partial charge in [0, 0.05) is 20.0 Å². The molecule has 10 nitrogen and oxygen atoms in total. The summed E-state index contributed by atoms with van der Waals surface area (Å²) in [6.07, 6.45) is 0.0369. The molecule has 0 bridgehead atoms. The molecule has 3 aromatic rings. The Bertz CT molecular complexity index is 1170. The van der Waals surface area contributed by atoms with Crippen molar-refractivity contribution in [2.24, 2.45) is 0 Å². The molecule has 3 rings (SSSR count). The Morgan fingerprint density at radius 3 is 2.81 bits per heavy atom. The summed E-state index contributed by atoms with van der Waals surface area (Å²) >= 11 is 1.23. The third-order valence-electron chi connectivity index (χ3n) is 4.75. The van der Waals surface area contributed by atoms with E-state index in [1.54, 1.807) is 31.2 Å². The zero-order valence-electron chi connectivity index (χ0n) is 17.6. The lowest BCUT2D eigenvalue weighted by molar-refractivity contribution is -0.140. The summed E-state index contributed by atoms with van der Waals surface area (Å²) in [6.45, 7) is 1.73. The van der Waals surface area contributed by atoms with Gasteiger partial charge in [-0.3, -0.25) is 9.59 Å². The average molecular weight is 461 g/mol. The number of fused-ring (bicyclic) bond motifs is 1. The number of nitrogens with one attached hydrogen (secondary N) is 2. The minimum atomic E-state index is -1.18. The predicted octanol–water partition coefficient (Wildman–Crippen LogP) is 1.47. The molecule has 0 saturated carbocycles. The average Bonchev–Trinajstić information content (AvgIpc) is 3.24. The first-order valence-corrected chi connectivity index (χ1v) is 10.6. The van der Waals surface area contributed by atoms with E-state index in [0.29, 0.717) is 28.1 Å². The predicted molar refractivity (Wildman–Crippen MR) is 120 cm³/mol. The molecule has 0 aliphatic carbocycles. The summed E-state index contributed by atoms with van der Waals surface area (Å²) in [4.78, 5) is 45.3. The Hall–Kier alpha value is -3.28. The number of hydrogen-bond acceptors (Lipinski definition) is 8. The first-order valence-electron chi connectivity index (χ1n) is 9.81. The highest BCUT2D eigenvalue weighted by atomic mass is 32.1. The smallest absolute Gasteiger partial charge is 0.326 e. The topological polar surface area (TPSA) is 145 Å². The maximum atomic E-state index is 12.5. The molecule has 32 heavy (non-hydrogen) atoms. The molecule has 0 aliphatic rings. The van der Waals surface area contributed by atoms with Crippen molar-refractivity contribution >= 4 is 39.1 Å². The lowest BCUT2D eigenvalue weighted by Crippen LogP contribution is -2.41. The van der Waals surface area contributed by atoms with Gasteiger partial charge in [0.2, 0.25) is 0 Å². The molecule has 0 aliphatic heterocycles. The van der Waals surface area contributed by atoms with Gasteiger partial charge < -0.3 is 30.2 Å². The van der Waals surface area contributed by atoms with Crippen molar-refractivity contribution < 1.29 is 24.5 Å². The molecular weight excluding hydrogens is 436 g/mol. The van der Waals surface area contributed by atoms with Gasteiger partial charge in [-0.05, 0) is 36.8 Å². The third-order valence-corrected chi connectivity index (χ3v) is 5.94. The number of aromatic amines is 1. The fraction of sp³-hybridized carbons (Fsp3) is 0.333. The van der Waals surface area contributed by atoms with Crippen molar-refractivity contribution in [2.45, 2.75) is 25.9 Å². The molecule has 170 valence electrons. The van der Waals surface area contributed by atoms with Gasteiger partial charge >= 0.3 is 5.97 Å². The fourth-order valence-electron chi connectivity index (χ4n) is 3.16. The van der Waals surface area contributed by atoms with E-state index in [1.165, 1.54) is 11.3 Å². The van der Waals surface area contributed by atoms with Crippen molar-refractivity contribution in [3.8, 4) is 0 Å². The molecule has 1 atom stereocenters. The highest BCUT2D eigenvalue weighted by molar-refractivity contribution is 7.17. The zero-order chi connectivity index (χ0) is 23.3. The van der Waals surface area contributed by atoms with Gasteiger partial charge in [-0.1, -0.05) is 6.07 Å². The standard InChI is InChI=1S/C21H24N4O6S/c1-12-22-15-4-3-13(9-14(15)19(27)23-12)10-25(2)18-6-5-17(32-18)20(28)24-16(21(29)30)7-8-31-11-26/h3-6,9,16,26H,7-8,10-11H2,1-2H3,(H,24,28)(H,29,30)(H,22,23,27)/t16-/m0/s1. The molecular formula is C21H24N4O6S. The van der Waals surface area contributed by atoms with Crippen LogP contribution < -0.4 is 15.8 Å². The molecule has 1 aromatic carbocycles. The summed E-state index contributed by atoms with van der Waals surface area (Å²) < 4.78 is 4.74. The van der Waals surface area contributed by atoms with Gasteiger partial charge in [0.05, 0.1) is 27.4 Å². The third kappa shape index (κ3) is 5.69. The summed E-state index contributed by atoms with van der Waals surface area (Å²) in [7, 11) is 1.86. The highest BCUT2D eigenvalue weighted by Crippen LogP contribution is 2.27. The van der Waals surface area contributed by atoms with Crippen molar-refractivity contribution in [1.29, 1.82) is 0 Å². The van der Waals surface area contributed by atoms with Gasteiger partial charge in [-0.25, -0.2) is 9.78 Å². The molecule has 2 aromatic heterocycles. The summed E-state index contributed by atoms with van der Waals surface area (Å²) in [5.41, 5.74) is 1.35. The van der Waals surface area contributed by atoms with Crippen LogP contribution in [-0.4, -0.2) is 58.5 Å². The molecule has 0 spiro atoms. The normalized spacial score (nSPS) is 12.0. The fourth-order valence-corrected chi connectivity index (χ4v) is 4.03. The van der Waals surface area contributed by atoms with Crippen LogP contribution in [0.2, 0.25) is 0 Å². The number of carboxylic acids is 1. The summed E-state index contributed by atoms with van der Waals surface area (Å²) in [5, 5.41) is 21.7. The van der Waals surface area contributed by atoms with Gasteiger partial charge in [0.25, 0.3) is 11.5 Å². The highest BCUT2D eigenvalue weighted by Gasteiger charge is 2.22. The van der Waals surface area contributed by atoms with Crippen LogP contribution in [0, 0.1) is 6.92 Å². The Kier molecular flexibility index (Phi) is 7.57. The van der Waals surface area contributed by atoms with Crippen molar-refractivity contribution in [1.82, 2.24) is 15.3 Å². The maximum absolute atomic E-state index is 12.5. The number of thiophene rings is 1. The van der Waals surface area contributed by atoms with Crippen LogP contribution in [0.1, 0.15) is 27.5 Å². The van der Waals surface area contributed by atoms with Crippen LogP contribution in [-0.2, 0) is 16.1 Å². The van der Waals surface area contributed by atoms with Gasteiger partial charge in [0.1, 0.15) is 18.7 Å². The number of H-pyrrole nitrogens is 1. The Morgan fingerprint density at radius 2 is 2.09 bits per heavy atom. The Balaban J connectivity index is 1.68. The summed E-state index contributed by atoms with van der Waals surface area (Å²) in [6, 6.07) is 7.79. The Morgan fingerprint density at radius 1 is 1.31 bits per heavy atom. The molecule has 0 saturated heterocycles. The van der Waals surface area contributed by atoms with Gasteiger partial charge in [-0.15, -0.1) is 11.3 Å². The van der Waals surface area contributed by atoms with Crippen LogP contribution in [0.15, 0.2) is 35.1 Å². The molecule has 0 unspecified atom stereocenters.